The summed E-state index contributed by atoms with van der Waals surface area (Å²) < 4.78 is 37.9. The van der Waals surface area contributed by atoms with Crippen LogP contribution in [0.3, 0.4) is 0 Å². The fourth-order valence-electron chi connectivity index (χ4n) is 5.37. The molecular weight excluding hydrogens is 533 g/mol. The van der Waals surface area contributed by atoms with E-state index >= 15 is 0 Å². The molecule has 40 heavy (non-hydrogen) atoms. The minimum absolute atomic E-state index is 0.111. The average Bonchev–Trinajstić information content (AvgIpc) is 3.61. The SMILES string of the molecule is [2H]C[C@]12O[C@@H](n3cc(C)c(NC(=O)c4ccccc4)nc3=O)[C@H](OC13CC3)[C@@H]2OP(OCCC#N)N(CC)C(C)C. The van der Waals surface area contributed by atoms with Gasteiger partial charge in [0.15, 0.2) is 6.23 Å². The predicted octanol–water partition coefficient (Wildman–Crippen LogP) is 4.30. The first-order chi connectivity index (χ1) is 19.7. The number of anilines is 1. The van der Waals surface area contributed by atoms with E-state index in [0.29, 0.717) is 17.7 Å². The number of rotatable bonds is 11. The fraction of sp³-hybridized carbons (Fsp3) is 0.571. The summed E-state index contributed by atoms with van der Waals surface area (Å²) in [6.07, 6.45) is 1.07. The fourth-order valence-corrected chi connectivity index (χ4v) is 7.04. The molecule has 2 aliphatic heterocycles. The molecule has 12 heteroatoms. The molecule has 1 amide bonds. The zero-order chi connectivity index (χ0) is 29.4. The Morgan fingerprint density at radius 1 is 1.38 bits per heavy atom. The molecule has 1 aromatic carbocycles. The summed E-state index contributed by atoms with van der Waals surface area (Å²) in [6, 6.07) is 10.9. The van der Waals surface area contributed by atoms with Gasteiger partial charge in [-0.15, -0.1) is 0 Å². The van der Waals surface area contributed by atoms with E-state index in [0.717, 1.165) is 12.8 Å². The lowest BCUT2D eigenvalue weighted by atomic mass is 9.93. The Bertz CT molecular complexity index is 1370. The smallest absolute Gasteiger partial charge is 0.351 e. The molecule has 1 unspecified atom stereocenters. The normalized spacial score (nSPS) is 27.1. The summed E-state index contributed by atoms with van der Waals surface area (Å²) >= 11 is 0. The number of carbonyl (C=O) groups is 1. The van der Waals surface area contributed by atoms with Gasteiger partial charge in [-0.05, 0) is 52.6 Å². The van der Waals surface area contributed by atoms with Crippen molar-refractivity contribution in [2.24, 2.45) is 0 Å². The van der Waals surface area contributed by atoms with Gasteiger partial charge in [0.25, 0.3) is 14.4 Å². The van der Waals surface area contributed by atoms with E-state index in [2.05, 4.69) is 21.0 Å². The van der Waals surface area contributed by atoms with Crippen molar-refractivity contribution < 1.29 is 24.7 Å². The average molecular weight is 571 g/mol. The number of ether oxygens (including phenoxy) is 2. The standard InChI is InChI=1S/C28H36N5O6P/c1-6-33(18(2)3)40(36-16-10-15-29)39-22-21-25(38-27(22,5)28(37-21)13-14-28)32-17-19(4)23(31-26(32)35)30-24(34)20-11-8-7-9-12-20/h7-9,11-12,17-18,21-22,25H,6,10,13-14,16H2,1-5H3,(H,30,31,34,35)/t21-,22+,25-,27-,40?/m1/s1/i5D. The number of nitrogens with one attached hydrogen (secondary N) is 1. The Morgan fingerprint density at radius 3 is 2.75 bits per heavy atom. The molecule has 1 N–H and O–H groups in total. The number of fused-ring (bicyclic) bond motifs is 3. The lowest BCUT2D eigenvalue weighted by molar-refractivity contribution is -0.218. The van der Waals surface area contributed by atoms with Gasteiger partial charge in [0, 0.05) is 31.3 Å². The Kier molecular flexibility index (Phi) is 7.75. The Labute approximate surface area is 236 Å². The molecular formula is C28H36N5O6P. The second kappa shape index (κ2) is 11.3. The largest absolute Gasteiger partial charge is 0.361 e. The van der Waals surface area contributed by atoms with Crippen LogP contribution in [0.4, 0.5) is 5.82 Å². The topological polar surface area (TPSA) is 128 Å². The number of aromatic nitrogens is 2. The number of nitriles is 1. The highest BCUT2D eigenvalue weighted by Crippen LogP contribution is 2.66. The van der Waals surface area contributed by atoms with Crippen LogP contribution in [0.2, 0.25) is 0 Å². The van der Waals surface area contributed by atoms with E-state index in [1.165, 1.54) is 4.57 Å². The van der Waals surface area contributed by atoms with Crippen molar-refractivity contribution in [1.82, 2.24) is 14.2 Å². The molecule has 2 saturated heterocycles. The summed E-state index contributed by atoms with van der Waals surface area (Å²) in [5.74, 6) is -0.207. The quantitative estimate of drug-likeness (QED) is 0.311. The van der Waals surface area contributed by atoms with Crippen molar-refractivity contribution in [2.75, 3.05) is 18.5 Å². The van der Waals surface area contributed by atoms with Crippen LogP contribution in [0.5, 0.6) is 0 Å². The lowest BCUT2D eigenvalue weighted by Crippen LogP contribution is -2.48. The first-order valence-electron chi connectivity index (χ1n) is 14.3. The molecule has 1 aromatic heterocycles. The van der Waals surface area contributed by atoms with Crippen LogP contribution in [-0.4, -0.2) is 62.7 Å². The van der Waals surface area contributed by atoms with Crippen LogP contribution in [-0.2, 0) is 18.5 Å². The molecule has 3 fully saturated rings. The summed E-state index contributed by atoms with van der Waals surface area (Å²) in [7, 11) is -1.60. The predicted molar refractivity (Wildman–Crippen MR) is 148 cm³/mol. The Morgan fingerprint density at radius 2 is 2.12 bits per heavy atom. The lowest BCUT2D eigenvalue weighted by Gasteiger charge is -2.37. The van der Waals surface area contributed by atoms with Gasteiger partial charge >= 0.3 is 5.69 Å². The van der Waals surface area contributed by atoms with Crippen molar-refractivity contribution in [3.05, 3.63) is 58.1 Å². The number of nitrogens with zero attached hydrogens (tertiary/aromatic N) is 4. The Balaban J connectivity index is 1.43. The highest BCUT2D eigenvalue weighted by atomic mass is 31.2. The number of benzene rings is 1. The van der Waals surface area contributed by atoms with Gasteiger partial charge in [-0.3, -0.25) is 9.36 Å². The van der Waals surface area contributed by atoms with Crippen molar-refractivity contribution in [3.63, 3.8) is 0 Å². The van der Waals surface area contributed by atoms with Gasteiger partial charge < -0.3 is 23.8 Å². The van der Waals surface area contributed by atoms with Gasteiger partial charge in [-0.1, -0.05) is 25.1 Å². The van der Waals surface area contributed by atoms with E-state index in [1.807, 2.05) is 26.8 Å². The maximum Gasteiger partial charge on any atom is 0.351 e. The summed E-state index contributed by atoms with van der Waals surface area (Å²) in [5, 5.41) is 11.8. The molecule has 214 valence electrons. The van der Waals surface area contributed by atoms with Crippen molar-refractivity contribution >= 4 is 20.3 Å². The molecule has 5 rings (SSSR count). The van der Waals surface area contributed by atoms with Gasteiger partial charge in [0.1, 0.15) is 29.2 Å². The molecule has 1 saturated carbocycles. The summed E-state index contributed by atoms with van der Waals surface area (Å²) in [6.45, 7) is 8.61. The number of hydrogen-bond acceptors (Lipinski definition) is 9. The van der Waals surface area contributed by atoms with Crippen molar-refractivity contribution in [1.29, 1.82) is 5.26 Å². The second-order valence-corrected chi connectivity index (χ2v) is 12.1. The van der Waals surface area contributed by atoms with Crippen LogP contribution < -0.4 is 11.0 Å². The van der Waals surface area contributed by atoms with Crippen LogP contribution in [0.25, 0.3) is 0 Å². The van der Waals surface area contributed by atoms with Crippen molar-refractivity contribution in [3.8, 4) is 6.07 Å². The number of hydrogen-bond donors (Lipinski definition) is 1. The van der Waals surface area contributed by atoms with E-state index in [-0.39, 0.29) is 37.7 Å². The molecule has 2 aromatic rings. The Hall–Kier alpha value is -2.71. The van der Waals surface area contributed by atoms with Crippen LogP contribution in [0.1, 0.15) is 70.5 Å². The van der Waals surface area contributed by atoms with E-state index in [9.17, 15) is 9.59 Å². The molecule has 0 radical (unpaired) electrons. The number of aryl methyl sites for hydroxylation is 1. The maximum atomic E-state index is 13.3. The van der Waals surface area contributed by atoms with Gasteiger partial charge in [0.2, 0.25) is 0 Å². The monoisotopic (exact) mass is 570 g/mol. The molecule has 1 aliphatic carbocycles. The van der Waals surface area contributed by atoms with E-state index in [1.54, 1.807) is 37.4 Å². The van der Waals surface area contributed by atoms with Crippen LogP contribution in [0, 0.1) is 18.3 Å². The van der Waals surface area contributed by atoms with Crippen molar-refractivity contribution in [2.45, 2.75) is 89.5 Å². The highest BCUT2D eigenvalue weighted by molar-refractivity contribution is 7.44. The number of carbonyl (C=O) groups excluding carboxylic acids is 1. The highest BCUT2D eigenvalue weighted by Gasteiger charge is 2.77. The molecule has 5 atom stereocenters. The van der Waals surface area contributed by atoms with Crippen LogP contribution in [0.15, 0.2) is 41.3 Å². The third-order valence-electron chi connectivity index (χ3n) is 7.63. The first-order valence-corrected chi connectivity index (χ1v) is 14.7. The molecule has 11 nitrogen and oxygen atoms in total. The second-order valence-electron chi connectivity index (χ2n) is 10.6. The molecule has 3 heterocycles. The van der Waals surface area contributed by atoms with E-state index in [4.69, 9.17) is 25.2 Å². The summed E-state index contributed by atoms with van der Waals surface area (Å²) in [5.41, 5.74) is -1.33. The van der Waals surface area contributed by atoms with Gasteiger partial charge in [-0.25, -0.2) is 9.46 Å². The zero-order valence-corrected chi connectivity index (χ0v) is 24.1. The first kappa shape index (κ1) is 27.5. The van der Waals surface area contributed by atoms with Crippen LogP contribution >= 0.6 is 8.53 Å². The molecule has 3 aliphatic rings. The zero-order valence-electron chi connectivity index (χ0n) is 24.2. The van der Waals surface area contributed by atoms with E-state index < -0.39 is 43.9 Å². The van der Waals surface area contributed by atoms with Gasteiger partial charge in [0.05, 0.1) is 19.1 Å². The molecule has 2 bridgehead atoms. The maximum absolute atomic E-state index is 13.3. The number of amides is 1. The third kappa shape index (κ3) is 5.09. The minimum atomic E-state index is -1.60. The minimum Gasteiger partial charge on any atom is -0.361 e. The summed E-state index contributed by atoms with van der Waals surface area (Å²) in [4.78, 5) is 30.1. The molecule has 1 spiro atoms. The van der Waals surface area contributed by atoms with Gasteiger partial charge in [-0.2, -0.15) is 10.2 Å². The third-order valence-corrected chi connectivity index (χ3v) is 9.61.